The molecule has 1 heterocycles. The molecule has 0 unspecified atom stereocenters. The molecule has 0 radical (unpaired) electrons. The molecule has 4 nitrogen and oxygen atoms in total. The van der Waals surface area contributed by atoms with Gasteiger partial charge in [0.15, 0.2) is 0 Å². The van der Waals surface area contributed by atoms with E-state index in [9.17, 15) is 4.79 Å². The molecule has 0 aliphatic carbocycles. The molecule has 2 rings (SSSR count). The molecule has 0 saturated heterocycles. The predicted octanol–water partition coefficient (Wildman–Crippen LogP) is 2.57. The first kappa shape index (κ1) is 12.4. The van der Waals surface area contributed by atoms with Gasteiger partial charge in [-0.1, -0.05) is 18.2 Å². The highest BCUT2D eigenvalue weighted by atomic mass is 16.3. The summed E-state index contributed by atoms with van der Waals surface area (Å²) >= 11 is 0. The SMILES string of the molecule is C[C@@H](NCC(=O)Nc1ccccc1)c1ccco1. The van der Waals surface area contributed by atoms with Gasteiger partial charge in [-0.25, -0.2) is 0 Å². The fourth-order valence-electron chi connectivity index (χ4n) is 1.61. The van der Waals surface area contributed by atoms with Crippen LogP contribution < -0.4 is 10.6 Å². The standard InChI is InChI=1S/C14H16N2O2/c1-11(13-8-5-9-18-13)15-10-14(17)16-12-6-3-2-4-7-12/h2-9,11,15H,10H2,1H3,(H,16,17)/t11-/m1/s1. The molecule has 1 atom stereocenters. The van der Waals surface area contributed by atoms with E-state index in [1.54, 1.807) is 6.26 Å². The van der Waals surface area contributed by atoms with Crippen LogP contribution >= 0.6 is 0 Å². The molecule has 2 aromatic rings. The van der Waals surface area contributed by atoms with Gasteiger partial charge in [0.05, 0.1) is 18.8 Å². The van der Waals surface area contributed by atoms with Gasteiger partial charge >= 0.3 is 0 Å². The van der Waals surface area contributed by atoms with Crippen LogP contribution in [0.5, 0.6) is 0 Å². The van der Waals surface area contributed by atoms with E-state index in [0.29, 0.717) is 0 Å². The fourth-order valence-corrected chi connectivity index (χ4v) is 1.61. The summed E-state index contributed by atoms with van der Waals surface area (Å²) in [5.41, 5.74) is 0.801. The first-order valence-electron chi connectivity index (χ1n) is 5.87. The summed E-state index contributed by atoms with van der Waals surface area (Å²) in [4.78, 5) is 11.7. The van der Waals surface area contributed by atoms with Gasteiger partial charge < -0.3 is 9.73 Å². The molecule has 1 aromatic carbocycles. The van der Waals surface area contributed by atoms with Gasteiger partial charge in [0.1, 0.15) is 5.76 Å². The number of rotatable bonds is 5. The second-order valence-electron chi connectivity index (χ2n) is 4.03. The third kappa shape index (κ3) is 3.46. The number of furan rings is 1. The molecule has 0 bridgehead atoms. The molecule has 0 aliphatic rings. The van der Waals surface area contributed by atoms with Crippen molar-refractivity contribution >= 4 is 11.6 Å². The molecule has 1 amide bonds. The highest BCUT2D eigenvalue weighted by Gasteiger charge is 2.09. The highest BCUT2D eigenvalue weighted by Crippen LogP contribution is 2.11. The van der Waals surface area contributed by atoms with E-state index in [1.165, 1.54) is 0 Å². The number of anilines is 1. The van der Waals surface area contributed by atoms with Crippen LogP contribution in [0.1, 0.15) is 18.7 Å². The summed E-state index contributed by atoms with van der Waals surface area (Å²) in [6.45, 7) is 2.20. The van der Waals surface area contributed by atoms with Gasteiger partial charge in [-0.2, -0.15) is 0 Å². The molecule has 18 heavy (non-hydrogen) atoms. The first-order chi connectivity index (χ1) is 8.75. The van der Waals surface area contributed by atoms with Crippen molar-refractivity contribution in [1.82, 2.24) is 5.32 Å². The van der Waals surface area contributed by atoms with Crippen LogP contribution in [0.2, 0.25) is 0 Å². The maximum absolute atomic E-state index is 11.7. The Labute approximate surface area is 106 Å². The second-order valence-corrected chi connectivity index (χ2v) is 4.03. The average molecular weight is 244 g/mol. The Morgan fingerprint density at radius 2 is 2.00 bits per heavy atom. The fraction of sp³-hybridized carbons (Fsp3) is 0.214. The van der Waals surface area contributed by atoms with Crippen molar-refractivity contribution in [2.45, 2.75) is 13.0 Å². The Morgan fingerprint density at radius 3 is 2.67 bits per heavy atom. The van der Waals surface area contributed by atoms with Crippen LogP contribution in [0.15, 0.2) is 53.1 Å². The lowest BCUT2D eigenvalue weighted by Crippen LogP contribution is -2.29. The van der Waals surface area contributed by atoms with Crippen LogP contribution in [0, 0.1) is 0 Å². The summed E-state index contributed by atoms with van der Waals surface area (Å²) in [5.74, 6) is 0.752. The Balaban J connectivity index is 1.79. The number of amides is 1. The van der Waals surface area contributed by atoms with Crippen LogP contribution in [-0.4, -0.2) is 12.5 Å². The van der Waals surface area contributed by atoms with Crippen molar-refractivity contribution in [3.8, 4) is 0 Å². The average Bonchev–Trinajstić information content (AvgIpc) is 2.91. The largest absolute Gasteiger partial charge is 0.468 e. The minimum Gasteiger partial charge on any atom is -0.468 e. The zero-order valence-electron chi connectivity index (χ0n) is 10.2. The topological polar surface area (TPSA) is 54.3 Å². The molecular formula is C14H16N2O2. The van der Waals surface area contributed by atoms with Gasteiger partial charge in [-0.05, 0) is 31.2 Å². The molecule has 94 valence electrons. The lowest BCUT2D eigenvalue weighted by Gasteiger charge is -2.11. The first-order valence-corrected chi connectivity index (χ1v) is 5.87. The molecule has 1 aromatic heterocycles. The summed E-state index contributed by atoms with van der Waals surface area (Å²) in [6, 6.07) is 13.1. The van der Waals surface area contributed by atoms with Crippen LogP contribution in [0.4, 0.5) is 5.69 Å². The van der Waals surface area contributed by atoms with Gasteiger partial charge in [0, 0.05) is 5.69 Å². The zero-order chi connectivity index (χ0) is 12.8. The maximum atomic E-state index is 11.7. The van der Waals surface area contributed by atoms with Gasteiger partial charge in [-0.15, -0.1) is 0 Å². The molecular weight excluding hydrogens is 228 g/mol. The van der Waals surface area contributed by atoms with E-state index in [0.717, 1.165) is 11.4 Å². The summed E-state index contributed by atoms with van der Waals surface area (Å²) in [7, 11) is 0. The van der Waals surface area contributed by atoms with Crippen molar-refractivity contribution in [1.29, 1.82) is 0 Å². The Hall–Kier alpha value is -2.07. The minimum absolute atomic E-state index is 0.0153. The van der Waals surface area contributed by atoms with Gasteiger partial charge in [-0.3, -0.25) is 10.1 Å². The number of carbonyl (C=O) groups is 1. The maximum Gasteiger partial charge on any atom is 0.238 e. The highest BCUT2D eigenvalue weighted by molar-refractivity contribution is 5.92. The van der Waals surface area contributed by atoms with Gasteiger partial charge in [0.25, 0.3) is 0 Å². The molecule has 2 N–H and O–H groups in total. The van der Waals surface area contributed by atoms with E-state index in [1.807, 2.05) is 49.4 Å². The van der Waals surface area contributed by atoms with Crippen molar-refractivity contribution < 1.29 is 9.21 Å². The van der Waals surface area contributed by atoms with Crippen LogP contribution in [0.3, 0.4) is 0 Å². The number of carbonyl (C=O) groups excluding carboxylic acids is 1. The Morgan fingerprint density at radius 1 is 1.22 bits per heavy atom. The third-order valence-corrected chi connectivity index (χ3v) is 2.60. The smallest absolute Gasteiger partial charge is 0.238 e. The molecule has 0 aliphatic heterocycles. The van der Waals surface area contributed by atoms with Crippen molar-refractivity contribution in [2.24, 2.45) is 0 Å². The van der Waals surface area contributed by atoms with E-state index in [2.05, 4.69) is 10.6 Å². The number of hydrogen-bond acceptors (Lipinski definition) is 3. The van der Waals surface area contributed by atoms with E-state index >= 15 is 0 Å². The third-order valence-electron chi connectivity index (χ3n) is 2.60. The monoisotopic (exact) mass is 244 g/mol. The number of nitrogens with one attached hydrogen (secondary N) is 2. The van der Waals surface area contributed by atoms with Crippen molar-refractivity contribution in [3.63, 3.8) is 0 Å². The molecule has 4 heteroatoms. The summed E-state index contributed by atoms with van der Waals surface area (Å²) in [5, 5.41) is 5.91. The van der Waals surface area contributed by atoms with Crippen molar-refractivity contribution in [2.75, 3.05) is 11.9 Å². The normalized spacial score (nSPS) is 12.1. The Kier molecular flexibility index (Phi) is 4.15. The summed E-state index contributed by atoms with van der Waals surface area (Å²) in [6.07, 6.45) is 1.62. The lowest BCUT2D eigenvalue weighted by atomic mass is 10.2. The van der Waals surface area contributed by atoms with E-state index in [4.69, 9.17) is 4.42 Å². The van der Waals surface area contributed by atoms with E-state index in [-0.39, 0.29) is 18.5 Å². The Bertz CT molecular complexity index is 480. The van der Waals surface area contributed by atoms with Crippen molar-refractivity contribution in [3.05, 3.63) is 54.5 Å². The minimum atomic E-state index is -0.0698. The van der Waals surface area contributed by atoms with Crippen LogP contribution in [-0.2, 0) is 4.79 Å². The second kappa shape index (κ2) is 6.02. The predicted molar refractivity (Wildman–Crippen MR) is 70.2 cm³/mol. The number of para-hydroxylation sites is 1. The quantitative estimate of drug-likeness (QED) is 0.850. The molecule has 0 fully saturated rings. The number of hydrogen-bond donors (Lipinski definition) is 2. The van der Waals surface area contributed by atoms with E-state index < -0.39 is 0 Å². The lowest BCUT2D eigenvalue weighted by molar-refractivity contribution is -0.115. The molecule has 0 saturated carbocycles. The van der Waals surface area contributed by atoms with Crippen LogP contribution in [0.25, 0.3) is 0 Å². The summed E-state index contributed by atoms with van der Waals surface area (Å²) < 4.78 is 5.25. The molecule has 0 spiro atoms. The number of benzene rings is 1. The van der Waals surface area contributed by atoms with Gasteiger partial charge in [0.2, 0.25) is 5.91 Å². The zero-order valence-corrected chi connectivity index (χ0v) is 10.2.